The molecule has 0 amide bonds. The Labute approximate surface area is 136 Å². The predicted octanol–water partition coefficient (Wildman–Crippen LogP) is 4.26. The van der Waals surface area contributed by atoms with Crippen LogP contribution in [0.5, 0.6) is 5.75 Å². The van der Waals surface area contributed by atoms with Crippen molar-refractivity contribution >= 4 is 28.0 Å². The zero-order valence-electron chi connectivity index (χ0n) is 13.0. The van der Waals surface area contributed by atoms with E-state index in [9.17, 15) is 4.79 Å². The summed E-state index contributed by atoms with van der Waals surface area (Å²) in [6, 6.07) is 10.3. The lowest BCUT2D eigenvalue weighted by Crippen LogP contribution is -1.94. The molecule has 6 nitrogen and oxygen atoms in total. The van der Waals surface area contributed by atoms with Crippen LogP contribution in [0.2, 0.25) is 0 Å². The lowest BCUT2D eigenvalue weighted by atomic mass is 10.1. The molecule has 4 rings (SSSR count). The number of furan rings is 1. The molecule has 0 unspecified atom stereocenters. The minimum atomic E-state index is -1.02. The number of carbonyl (C=O) groups is 1. The third kappa shape index (κ3) is 2.11. The molecule has 0 atom stereocenters. The van der Waals surface area contributed by atoms with Crippen LogP contribution in [0, 0.1) is 6.92 Å². The number of hydrogen-bond donors (Lipinski definition) is 1. The highest BCUT2D eigenvalue weighted by Crippen LogP contribution is 2.40. The fourth-order valence-electron chi connectivity index (χ4n) is 2.69. The van der Waals surface area contributed by atoms with Gasteiger partial charge in [-0.1, -0.05) is 11.6 Å². The second kappa shape index (κ2) is 5.13. The van der Waals surface area contributed by atoms with Gasteiger partial charge >= 0.3 is 5.97 Å². The summed E-state index contributed by atoms with van der Waals surface area (Å²) >= 11 is 0. The van der Waals surface area contributed by atoms with E-state index < -0.39 is 5.97 Å². The van der Waals surface area contributed by atoms with Gasteiger partial charge in [0.1, 0.15) is 11.1 Å². The first kappa shape index (κ1) is 14.3. The fraction of sp³-hybridized carbons (Fsp3) is 0.111. The monoisotopic (exact) mass is 323 g/mol. The highest BCUT2D eigenvalue weighted by molar-refractivity contribution is 5.93. The van der Waals surface area contributed by atoms with Gasteiger partial charge < -0.3 is 18.7 Å². The van der Waals surface area contributed by atoms with Gasteiger partial charge in [0.05, 0.1) is 18.1 Å². The molecule has 2 aromatic heterocycles. The number of carboxylic acids is 1. The van der Waals surface area contributed by atoms with E-state index in [4.69, 9.17) is 18.7 Å². The minimum Gasteiger partial charge on any atom is -0.492 e. The molecule has 0 radical (unpaired) electrons. The summed E-state index contributed by atoms with van der Waals surface area (Å²) in [5.41, 5.74) is 2.81. The molecule has 120 valence electrons. The van der Waals surface area contributed by atoms with E-state index in [0.29, 0.717) is 28.2 Å². The number of rotatable bonds is 3. The molecule has 2 aromatic carbocycles. The third-order valence-corrected chi connectivity index (χ3v) is 3.83. The predicted molar refractivity (Wildman–Crippen MR) is 87.5 cm³/mol. The zero-order chi connectivity index (χ0) is 16.8. The summed E-state index contributed by atoms with van der Waals surface area (Å²) in [5.74, 6) is 0.148. The lowest BCUT2D eigenvalue weighted by molar-refractivity contribution is 0.0697. The number of aromatic carboxylic acids is 1. The molecule has 0 aliphatic heterocycles. The van der Waals surface area contributed by atoms with Crippen LogP contribution in [0.3, 0.4) is 0 Å². The van der Waals surface area contributed by atoms with Gasteiger partial charge in [0, 0.05) is 0 Å². The quantitative estimate of drug-likeness (QED) is 0.606. The number of ether oxygens (including phenoxy) is 1. The Morgan fingerprint density at radius 1 is 1.12 bits per heavy atom. The number of aromatic nitrogens is 1. The zero-order valence-corrected chi connectivity index (χ0v) is 13.0. The Hall–Kier alpha value is -3.28. The Bertz CT molecular complexity index is 1090. The van der Waals surface area contributed by atoms with Crippen LogP contribution < -0.4 is 4.74 Å². The average molecular weight is 323 g/mol. The molecule has 6 heteroatoms. The van der Waals surface area contributed by atoms with Crippen molar-refractivity contribution in [3.05, 3.63) is 47.5 Å². The average Bonchev–Trinajstić information content (AvgIpc) is 3.13. The molecule has 4 aromatic rings. The van der Waals surface area contributed by atoms with Crippen LogP contribution in [0.25, 0.3) is 33.7 Å². The van der Waals surface area contributed by atoms with Crippen molar-refractivity contribution in [1.29, 1.82) is 0 Å². The first-order chi connectivity index (χ1) is 11.6. The molecule has 0 fully saturated rings. The summed E-state index contributed by atoms with van der Waals surface area (Å²) in [4.78, 5) is 15.4. The Kier molecular flexibility index (Phi) is 3.06. The standard InChI is InChI=1S/C18H13NO5/c1-9-3-6-13-11(7-9)15(22-2)16(23-13)17-19-12-5-4-10(18(20)21)8-14(12)24-17/h3-8H,1-2H3,(H,20,21). The van der Waals surface area contributed by atoms with Crippen LogP contribution in [-0.4, -0.2) is 23.2 Å². The Balaban J connectivity index is 1.93. The number of benzene rings is 2. The Morgan fingerprint density at radius 2 is 1.96 bits per heavy atom. The summed E-state index contributed by atoms with van der Waals surface area (Å²) in [5, 5.41) is 9.91. The highest BCUT2D eigenvalue weighted by Gasteiger charge is 2.22. The van der Waals surface area contributed by atoms with Crippen LogP contribution in [0.1, 0.15) is 15.9 Å². The molecule has 0 aliphatic carbocycles. The maximum absolute atomic E-state index is 11.1. The largest absolute Gasteiger partial charge is 0.492 e. The van der Waals surface area contributed by atoms with Gasteiger partial charge in [-0.2, -0.15) is 0 Å². The van der Waals surface area contributed by atoms with Crippen molar-refractivity contribution in [2.45, 2.75) is 6.92 Å². The summed E-state index contributed by atoms with van der Waals surface area (Å²) in [6.07, 6.45) is 0. The van der Waals surface area contributed by atoms with Gasteiger partial charge in [0.2, 0.25) is 5.76 Å². The van der Waals surface area contributed by atoms with Crippen LogP contribution in [-0.2, 0) is 0 Å². The van der Waals surface area contributed by atoms with Gasteiger partial charge in [-0.25, -0.2) is 9.78 Å². The Morgan fingerprint density at radius 3 is 2.71 bits per heavy atom. The molecule has 0 saturated carbocycles. The molecule has 2 heterocycles. The maximum atomic E-state index is 11.1. The van der Waals surface area contributed by atoms with Gasteiger partial charge in [-0.15, -0.1) is 0 Å². The van der Waals surface area contributed by atoms with Crippen molar-refractivity contribution in [1.82, 2.24) is 4.98 Å². The third-order valence-electron chi connectivity index (χ3n) is 3.83. The number of methoxy groups -OCH3 is 1. The topological polar surface area (TPSA) is 85.7 Å². The van der Waals surface area contributed by atoms with E-state index in [1.807, 2.05) is 25.1 Å². The fourth-order valence-corrected chi connectivity index (χ4v) is 2.69. The van der Waals surface area contributed by atoms with Crippen molar-refractivity contribution in [3.8, 4) is 17.4 Å². The van der Waals surface area contributed by atoms with Gasteiger partial charge in [-0.05, 0) is 37.3 Å². The first-order valence-electron chi connectivity index (χ1n) is 7.28. The second-order valence-corrected chi connectivity index (χ2v) is 5.47. The van der Waals surface area contributed by atoms with E-state index in [1.165, 1.54) is 12.1 Å². The minimum absolute atomic E-state index is 0.136. The number of carboxylic acid groups (broad SMARTS) is 1. The van der Waals surface area contributed by atoms with E-state index in [2.05, 4.69) is 4.98 Å². The van der Waals surface area contributed by atoms with E-state index >= 15 is 0 Å². The van der Waals surface area contributed by atoms with Crippen molar-refractivity contribution in [2.24, 2.45) is 0 Å². The number of hydrogen-bond acceptors (Lipinski definition) is 5. The van der Waals surface area contributed by atoms with Crippen LogP contribution in [0.15, 0.2) is 45.2 Å². The normalized spacial score (nSPS) is 11.2. The number of fused-ring (bicyclic) bond motifs is 2. The van der Waals surface area contributed by atoms with Gasteiger partial charge in [-0.3, -0.25) is 0 Å². The van der Waals surface area contributed by atoms with Gasteiger partial charge in [0.25, 0.3) is 5.89 Å². The summed E-state index contributed by atoms with van der Waals surface area (Å²) in [7, 11) is 1.56. The molecular formula is C18H13NO5. The second-order valence-electron chi connectivity index (χ2n) is 5.47. The number of aryl methyl sites for hydroxylation is 1. The van der Waals surface area contributed by atoms with Crippen LogP contribution >= 0.6 is 0 Å². The van der Waals surface area contributed by atoms with E-state index in [0.717, 1.165) is 10.9 Å². The van der Waals surface area contributed by atoms with Crippen molar-refractivity contribution < 1.29 is 23.5 Å². The summed E-state index contributed by atoms with van der Waals surface area (Å²) in [6.45, 7) is 1.98. The van der Waals surface area contributed by atoms with E-state index in [-0.39, 0.29) is 11.5 Å². The molecule has 24 heavy (non-hydrogen) atoms. The smallest absolute Gasteiger partial charge is 0.335 e. The lowest BCUT2D eigenvalue weighted by Gasteiger charge is -1.98. The number of oxazole rings is 1. The number of nitrogens with zero attached hydrogens (tertiary/aromatic N) is 1. The van der Waals surface area contributed by atoms with Crippen molar-refractivity contribution in [2.75, 3.05) is 7.11 Å². The molecule has 0 aliphatic rings. The van der Waals surface area contributed by atoms with Crippen molar-refractivity contribution in [3.63, 3.8) is 0 Å². The van der Waals surface area contributed by atoms with Gasteiger partial charge in [0.15, 0.2) is 11.3 Å². The SMILES string of the molecule is COc1c(-c2nc3ccc(C(=O)O)cc3o2)oc2ccc(C)cc12. The van der Waals surface area contributed by atoms with Crippen LogP contribution in [0.4, 0.5) is 0 Å². The molecule has 0 saturated heterocycles. The highest BCUT2D eigenvalue weighted by atomic mass is 16.5. The molecular weight excluding hydrogens is 310 g/mol. The first-order valence-corrected chi connectivity index (χ1v) is 7.28. The molecule has 0 spiro atoms. The molecule has 1 N–H and O–H groups in total. The molecule has 0 bridgehead atoms. The van der Waals surface area contributed by atoms with E-state index in [1.54, 1.807) is 13.2 Å². The maximum Gasteiger partial charge on any atom is 0.335 e. The summed E-state index contributed by atoms with van der Waals surface area (Å²) < 4.78 is 17.0.